The van der Waals surface area contributed by atoms with Crippen molar-refractivity contribution in [2.24, 2.45) is 0 Å². The van der Waals surface area contributed by atoms with Gasteiger partial charge in [-0.15, -0.1) is 0 Å². The van der Waals surface area contributed by atoms with Gasteiger partial charge in [0.15, 0.2) is 0 Å². The highest BCUT2D eigenvalue weighted by molar-refractivity contribution is 5.73. The molecule has 0 aromatic heterocycles. The molecule has 20 heavy (non-hydrogen) atoms. The first kappa shape index (κ1) is 14.9. The zero-order valence-corrected chi connectivity index (χ0v) is 12.2. The summed E-state index contributed by atoms with van der Waals surface area (Å²) >= 11 is 0. The summed E-state index contributed by atoms with van der Waals surface area (Å²) in [6.07, 6.45) is 2.97. The minimum Gasteiger partial charge on any atom is -0.491 e. The van der Waals surface area contributed by atoms with Crippen molar-refractivity contribution in [3.63, 3.8) is 0 Å². The third kappa shape index (κ3) is 3.97. The number of rotatable bonds is 5. The van der Waals surface area contributed by atoms with Crippen LogP contribution >= 0.6 is 0 Å². The largest absolute Gasteiger partial charge is 0.491 e. The Morgan fingerprint density at radius 2 is 2.25 bits per heavy atom. The number of likely N-dealkylation sites (tertiary alicyclic amines) is 1. The Kier molecular flexibility index (Phi) is 5.01. The van der Waals surface area contributed by atoms with Gasteiger partial charge in [-0.05, 0) is 50.9 Å². The fraction of sp³-hybridized carbons (Fsp3) is 0.562. The summed E-state index contributed by atoms with van der Waals surface area (Å²) in [5.41, 5.74) is 1.11. The zero-order chi connectivity index (χ0) is 14.5. The first-order valence-electron chi connectivity index (χ1n) is 7.28. The van der Waals surface area contributed by atoms with Crippen LogP contribution in [0, 0.1) is 0 Å². The average Bonchev–Trinajstić information content (AvgIpc) is 2.38. The second-order valence-electron chi connectivity index (χ2n) is 5.63. The predicted octanol–water partition coefficient (Wildman–Crippen LogP) is 2.91. The van der Waals surface area contributed by atoms with E-state index in [1.165, 1.54) is 0 Å². The van der Waals surface area contributed by atoms with Crippen LogP contribution in [0.15, 0.2) is 24.3 Å². The second-order valence-corrected chi connectivity index (χ2v) is 5.63. The minimum absolute atomic E-state index is 0.145. The topological polar surface area (TPSA) is 49.8 Å². The van der Waals surface area contributed by atoms with E-state index in [-0.39, 0.29) is 12.1 Å². The number of benzene rings is 1. The van der Waals surface area contributed by atoms with Crippen LogP contribution in [0.25, 0.3) is 0 Å². The predicted molar refractivity (Wildman–Crippen MR) is 77.9 cm³/mol. The van der Waals surface area contributed by atoms with Gasteiger partial charge in [-0.25, -0.2) is 0 Å². The summed E-state index contributed by atoms with van der Waals surface area (Å²) in [5.74, 6) is 0.140. The quantitative estimate of drug-likeness (QED) is 0.899. The number of carbonyl (C=O) groups is 1. The molecule has 0 radical (unpaired) electrons. The number of hydrogen-bond acceptors (Lipinski definition) is 3. The normalized spacial score (nSPS) is 20.1. The summed E-state index contributed by atoms with van der Waals surface area (Å²) in [6.45, 7) is 5.52. The van der Waals surface area contributed by atoms with Gasteiger partial charge in [-0.3, -0.25) is 9.69 Å². The Morgan fingerprint density at radius 1 is 1.45 bits per heavy atom. The molecular formula is C16H23NO3. The van der Waals surface area contributed by atoms with E-state index < -0.39 is 5.97 Å². The van der Waals surface area contributed by atoms with Crippen molar-refractivity contribution >= 4 is 5.97 Å². The van der Waals surface area contributed by atoms with Crippen molar-refractivity contribution in [2.75, 3.05) is 6.54 Å². The molecule has 0 saturated carbocycles. The molecule has 1 heterocycles. The summed E-state index contributed by atoms with van der Waals surface area (Å²) in [4.78, 5) is 13.4. The first-order chi connectivity index (χ1) is 9.56. The third-order valence-electron chi connectivity index (χ3n) is 3.55. The molecule has 1 atom stereocenters. The maximum absolute atomic E-state index is 11.3. The maximum atomic E-state index is 11.3. The first-order valence-corrected chi connectivity index (χ1v) is 7.28. The number of carboxylic acids is 1. The molecule has 1 unspecified atom stereocenters. The summed E-state index contributed by atoms with van der Waals surface area (Å²) in [7, 11) is 0. The molecule has 2 rings (SSSR count). The van der Waals surface area contributed by atoms with Crippen LogP contribution in [-0.2, 0) is 11.3 Å². The van der Waals surface area contributed by atoms with E-state index >= 15 is 0 Å². The maximum Gasteiger partial charge on any atom is 0.320 e. The van der Waals surface area contributed by atoms with Crippen molar-refractivity contribution in [1.82, 2.24) is 4.90 Å². The molecule has 1 saturated heterocycles. The lowest BCUT2D eigenvalue weighted by Crippen LogP contribution is -2.43. The van der Waals surface area contributed by atoms with Gasteiger partial charge in [0, 0.05) is 6.54 Å². The fourth-order valence-corrected chi connectivity index (χ4v) is 2.68. The lowest BCUT2D eigenvalue weighted by molar-refractivity contribution is -0.144. The molecule has 0 amide bonds. The van der Waals surface area contributed by atoms with E-state index in [9.17, 15) is 9.90 Å². The van der Waals surface area contributed by atoms with E-state index in [0.717, 1.165) is 37.1 Å². The van der Waals surface area contributed by atoms with E-state index in [1.54, 1.807) is 0 Å². The summed E-state index contributed by atoms with van der Waals surface area (Å²) in [5, 5.41) is 9.29. The van der Waals surface area contributed by atoms with E-state index in [4.69, 9.17) is 4.74 Å². The molecule has 4 nitrogen and oxygen atoms in total. The van der Waals surface area contributed by atoms with Gasteiger partial charge in [0.25, 0.3) is 0 Å². The second kappa shape index (κ2) is 6.75. The third-order valence-corrected chi connectivity index (χ3v) is 3.55. The van der Waals surface area contributed by atoms with Gasteiger partial charge in [-0.2, -0.15) is 0 Å². The van der Waals surface area contributed by atoms with Crippen molar-refractivity contribution in [1.29, 1.82) is 0 Å². The fourth-order valence-electron chi connectivity index (χ4n) is 2.68. The highest BCUT2D eigenvalue weighted by Crippen LogP contribution is 2.22. The Labute approximate surface area is 120 Å². The number of piperidine rings is 1. The molecule has 0 aliphatic carbocycles. The zero-order valence-electron chi connectivity index (χ0n) is 12.2. The minimum atomic E-state index is -0.709. The van der Waals surface area contributed by atoms with E-state index in [1.807, 2.05) is 38.1 Å². The molecule has 1 aromatic carbocycles. The van der Waals surface area contributed by atoms with Gasteiger partial charge in [0.2, 0.25) is 0 Å². The van der Waals surface area contributed by atoms with Crippen LogP contribution in [0.3, 0.4) is 0 Å². The number of ether oxygens (including phenoxy) is 1. The average molecular weight is 277 g/mol. The van der Waals surface area contributed by atoms with Crippen LogP contribution in [0.2, 0.25) is 0 Å². The molecule has 1 aliphatic heterocycles. The van der Waals surface area contributed by atoms with Crippen LogP contribution in [0.4, 0.5) is 0 Å². The number of nitrogens with zero attached hydrogens (tertiary/aromatic N) is 1. The van der Waals surface area contributed by atoms with Crippen LogP contribution < -0.4 is 4.74 Å². The van der Waals surface area contributed by atoms with Gasteiger partial charge in [-0.1, -0.05) is 18.6 Å². The lowest BCUT2D eigenvalue weighted by Gasteiger charge is -2.32. The molecular weight excluding hydrogens is 254 g/mol. The Hall–Kier alpha value is -1.55. The summed E-state index contributed by atoms with van der Waals surface area (Å²) in [6, 6.07) is 7.59. The van der Waals surface area contributed by atoms with Crippen molar-refractivity contribution in [2.45, 2.75) is 51.8 Å². The van der Waals surface area contributed by atoms with Gasteiger partial charge in [0.05, 0.1) is 6.10 Å². The molecule has 0 spiro atoms. The molecule has 1 aromatic rings. The van der Waals surface area contributed by atoms with Crippen LogP contribution in [0.5, 0.6) is 5.75 Å². The molecule has 1 N–H and O–H groups in total. The van der Waals surface area contributed by atoms with Crippen LogP contribution in [0.1, 0.15) is 38.7 Å². The standard InChI is InChI=1S/C16H23NO3/c1-12(2)20-14-7-5-6-13(10-14)11-17-9-4-3-8-15(17)16(18)19/h5-7,10,12,15H,3-4,8-9,11H2,1-2H3,(H,18,19). The van der Waals surface area contributed by atoms with Crippen molar-refractivity contribution in [3.8, 4) is 5.75 Å². The molecule has 0 bridgehead atoms. The summed E-state index contributed by atoms with van der Waals surface area (Å²) < 4.78 is 5.68. The number of hydrogen-bond donors (Lipinski definition) is 1. The van der Waals surface area contributed by atoms with Gasteiger partial charge >= 0.3 is 5.97 Å². The number of aliphatic carboxylic acids is 1. The highest BCUT2D eigenvalue weighted by atomic mass is 16.5. The SMILES string of the molecule is CC(C)Oc1cccc(CN2CCCCC2C(=O)O)c1. The smallest absolute Gasteiger partial charge is 0.320 e. The number of carboxylic acid groups (broad SMARTS) is 1. The lowest BCUT2D eigenvalue weighted by atomic mass is 10.0. The van der Waals surface area contributed by atoms with Crippen molar-refractivity contribution in [3.05, 3.63) is 29.8 Å². The van der Waals surface area contributed by atoms with Gasteiger partial charge in [0.1, 0.15) is 11.8 Å². The molecule has 1 fully saturated rings. The van der Waals surface area contributed by atoms with Gasteiger partial charge < -0.3 is 9.84 Å². The monoisotopic (exact) mass is 277 g/mol. The molecule has 1 aliphatic rings. The van der Waals surface area contributed by atoms with E-state index in [0.29, 0.717) is 6.54 Å². The molecule has 4 heteroatoms. The highest BCUT2D eigenvalue weighted by Gasteiger charge is 2.28. The van der Waals surface area contributed by atoms with Crippen molar-refractivity contribution < 1.29 is 14.6 Å². The van der Waals surface area contributed by atoms with E-state index in [2.05, 4.69) is 4.90 Å². The Bertz CT molecular complexity index is 459. The Morgan fingerprint density at radius 3 is 2.95 bits per heavy atom. The Balaban J connectivity index is 2.06. The van der Waals surface area contributed by atoms with Crippen LogP contribution in [-0.4, -0.2) is 34.7 Å². The molecule has 110 valence electrons.